The van der Waals surface area contributed by atoms with Crippen molar-refractivity contribution >= 4 is 6.16 Å². The SMILES string of the molecule is C=C(C)OC(=O)OCCC. The second-order valence-corrected chi connectivity index (χ2v) is 1.90. The van der Waals surface area contributed by atoms with Gasteiger partial charge in [0, 0.05) is 0 Å². The van der Waals surface area contributed by atoms with Crippen LogP contribution in [-0.2, 0) is 9.47 Å². The van der Waals surface area contributed by atoms with Gasteiger partial charge < -0.3 is 9.47 Å². The molecule has 0 radical (unpaired) electrons. The summed E-state index contributed by atoms with van der Waals surface area (Å²) in [5.74, 6) is 0.348. The van der Waals surface area contributed by atoms with Crippen molar-refractivity contribution in [1.82, 2.24) is 0 Å². The van der Waals surface area contributed by atoms with E-state index in [-0.39, 0.29) is 0 Å². The zero-order valence-corrected chi connectivity index (χ0v) is 6.35. The normalized spacial score (nSPS) is 8.60. The lowest BCUT2D eigenvalue weighted by Crippen LogP contribution is -2.05. The molecule has 0 atom stereocenters. The molecule has 3 heteroatoms. The third kappa shape index (κ3) is 5.15. The van der Waals surface area contributed by atoms with Gasteiger partial charge in [0.1, 0.15) is 5.76 Å². The molecule has 0 amide bonds. The standard InChI is InChI=1S/C7H12O3/c1-4-5-9-7(8)10-6(2)3/h2,4-5H2,1,3H3. The first kappa shape index (κ1) is 9.01. The highest BCUT2D eigenvalue weighted by atomic mass is 16.7. The van der Waals surface area contributed by atoms with Gasteiger partial charge in [0.05, 0.1) is 6.61 Å². The lowest BCUT2D eigenvalue weighted by molar-refractivity contribution is 0.0779. The lowest BCUT2D eigenvalue weighted by atomic mass is 10.5. The molecular formula is C7H12O3. The van der Waals surface area contributed by atoms with Crippen LogP contribution in [0.4, 0.5) is 4.79 Å². The molecule has 0 fully saturated rings. The predicted molar refractivity (Wildman–Crippen MR) is 37.5 cm³/mol. The molecule has 0 saturated carbocycles. The van der Waals surface area contributed by atoms with E-state index in [2.05, 4.69) is 16.1 Å². The minimum Gasteiger partial charge on any atom is -0.434 e. The highest BCUT2D eigenvalue weighted by molar-refractivity contribution is 5.61. The van der Waals surface area contributed by atoms with Crippen LogP contribution in [0.5, 0.6) is 0 Å². The highest BCUT2D eigenvalue weighted by Gasteiger charge is 2.01. The molecule has 58 valence electrons. The van der Waals surface area contributed by atoms with Crippen molar-refractivity contribution in [3.63, 3.8) is 0 Å². The summed E-state index contributed by atoms with van der Waals surface area (Å²) in [5.41, 5.74) is 0. The van der Waals surface area contributed by atoms with Crippen LogP contribution in [0.25, 0.3) is 0 Å². The maximum Gasteiger partial charge on any atom is 0.513 e. The Balaban J connectivity index is 3.35. The van der Waals surface area contributed by atoms with E-state index in [9.17, 15) is 4.79 Å². The number of rotatable bonds is 3. The molecule has 3 nitrogen and oxygen atoms in total. The van der Waals surface area contributed by atoms with Crippen LogP contribution >= 0.6 is 0 Å². The van der Waals surface area contributed by atoms with Crippen molar-refractivity contribution < 1.29 is 14.3 Å². The van der Waals surface area contributed by atoms with Crippen molar-refractivity contribution in [3.8, 4) is 0 Å². The first-order valence-electron chi connectivity index (χ1n) is 3.17. The Morgan fingerprint density at radius 2 is 2.20 bits per heavy atom. The number of carbonyl (C=O) groups is 1. The third-order valence-electron chi connectivity index (χ3n) is 0.682. The smallest absolute Gasteiger partial charge is 0.434 e. The quantitative estimate of drug-likeness (QED) is 0.449. The molecule has 0 heterocycles. The monoisotopic (exact) mass is 144 g/mol. The van der Waals surface area contributed by atoms with Gasteiger partial charge >= 0.3 is 6.16 Å². The molecule has 0 rings (SSSR count). The molecule has 0 N–H and O–H groups in total. The number of allylic oxidation sites excluding steroid dienone is 1. The maximum atomic E-state index is 10.5. The highest BCUT2D eigenvalue weighted by Crippen LogP contribution is 1.94. The van der Waals surface area contributed by atoms with Crippen LogP contribution in [0.2, 0.25) is 0 Å². The minimum atomic E-state index is -0.672. The van der Waals surface area contributed by atoms with Gasteiger partial charge in [0.15, 0.2) is 0 Å². The second kappa shape index (κ2) is 4.85. The van der Waals surface area contributed by atoms with Crippen molar-refractivity contribution in [2.24, 2.45) is 0 Å². The average molecular weight is 144 g/mol. The summed E-state index contributed by atoms with van der Waals surface area (Å²) in [6, 6.07) is 0. The first-order valence-corrected chi connectivity index (χ1v) is 3.17. The van der Waals surface area contributed by atoms with Gasteiger partial charge in [0.25, 0.3) is 0 Å². The summed E-state index contributed by atoms with van der Waals surface area (Å²) >= 11 is 0. The summed E-state index contributed by atoms with van der Waals surface area (Å²) < 4.78 is 9.08. The van der Waals surface area contributed by atoms with Gasteiger partial charge in [-0.15, -0.1) is 0 Å². The van der Waals surface area contributed by atoms with Crippen LogP contribution in [-0.4, -0.2) is 12.8 Å². The Hall–Kier alpha value is -0.990. The topological polar surface area (TPSA) is 35.5 Å². The number of ether oxygens (including phenoxy) is 2. The largest absolute Gasteiger partial charge is 0.513 e. The van der Waals surface area contributed by atoms with E-state index in [1.165, 1.54) is 0 Å². The Kier molecular flexibility index (Phi) is 4.37. The summed E-state index contributed by atoms with van der Waals surface area (Å²) in [5, 5.41) is 0. The molecular weight excluding hydrogens is 132 g/mol. The van der Waals surface area contributed by atoms with Gasteiger partial charge in [-0.3, -0.25) is 0 Å². The van der Waals surface area contributed by atoms with Crippen LogP contribution in [0.3, 0.4) is 0 Å². The molecule has 0 aromatic carbocycles. The molecule has 0 spiro atoms. The maximum absolute atomic E-state index is 10.5. The fraction of sp³-hybridized carbons (Fsp3) is 0.571. The molecule has 10 heavy (non-hydrogen) atoms. The number of carbonyl (C=O) groups excluding carboxylic acids is 1. The third-order valence-corrected chi connectivity index (χ3v) is 0.682. The van der Waals surface area contributed by atoms with E-state index in [0.717, 1.165) is 6.42 Å². The summed E-state index contributed by atoms with van der Waals surface area (Å²) in [7, 11) is 0. The van der Waals surface area contributed by atoms with E-state index in [1.807, 2.05) is 6.92 Å². The van der Waals surface area contributed by atoms with E-state index in [0.29, 0.717) is 12.4 Å². The fourth-order valence-electron chi connectivity index (χ4n) is 0.357. The van der Waals surface area contributed by atoms with Crippen LogP contribution in [0.15, 0.2) is 12.3 Å². The zero-order valence-electron chi connectivity index (χ0n) is 6.35. The minimum absolute atomic E-state index is 0.348. The lowest BCUT2D eigenvalue weighted by Gasteiger charge is -2.02. The van der Waals surface area contributed by atoms with Crippen LogP contribution < -0.4 is 0 Å². The van der Waals surface area contributed by atoms with E-state index in [4.69, 9.17) is 0 Å². The summed E-state index contributed by atoms with van der Waals surface area (Å²) in [6.07, 6.45) is 0.125. The van der Waals surface area contributed by atoms with E-state index >= 15 is 0 Å². The zero-order chi connectivity index (χ0) is 7.98. The molecule has 0 saturated heterocycles. The van der Waals surface area contributed by atoms with Crippen molar-refractivity contribution in [2.45, 2.75) is 20.3 Å². The predicted octanol–water partition coefficient (Wildman–Crippen LogP) is 2.08. The molecule has 0 aliphatic rings. The summed E-state index contributed by atoms with van der Waals surface area (Å²) in [6.45, 7) is 7.28. The van der Waals surface area contributed by atoms with Gasteiger partial charge in [-0.05, 0) is 13.3 Å². The molecule has 0 unspecified atom stereocenters. The Morgan fingerprint density at radius 1 is 1.60 bits per heavy atom. The van der Waals surface area contributed by atoms with Crippen LogP contribution in [0, 0.1) is 0 Å². The number of hydrogen-bond donors (Lipinski definition) is 0. The van der Waals surface area contributed by atoms with Gasteiger partial charge in [-0.2, -0.15) is 0 Å². The number of hydrogen-bond acceptors (Lipinski definition) is 3. The van der Waals surface area contributed by atoms with E-state index < -0.39 is 6.16 Å². The van der Waals surface area contributed by atoms with Gasteiger partial charge in [0.2, 0.25) is 0 Å². The van der Waals surface area contributed by atoms with Crippen molar-refractivity contribution in [2.75, 3.05) is 6.61 Å². The first-order chi connectivity index (χ1) is 4.66. The fourth-order valence-corrected chi connectivity index (χ4v) is 0.357. The van der Waals surface area contributed by atoms with Crippen molar-refractivity contribution in [3.05, 3.63) is 12.3 Å². The van der Waals surface area contributed by atoms with Crippen LogP contribution in [0.1, 0.15) is 20.3 Å². The molecule has 0 bridgehead atoms. The summed E-state index contributed by atoms with van der Waals surface area (Å²) in [4.78, 5) is 10.5. The molecule has 0 aromatic rings. The second-order valence-electron chi connectivity index (χ2n) is 1.90. The van der Waals surface area contributed by atoms with Gasteiger partial charge in [-0.25, -0.2) is 4.79 Å². The molecule has 0 aromatic heterocycles. The molecule has 0 aliphatic heterocycles. The van der Waals surface area contributed by atoms with Gasteiger partial charge in [-0.1, -0.05) is 13.5 Å². The van der Waals surface area contributed by atoms with E-state index in [1.54, 1.807) is 6.92 Å². The Bertz CT molecular complexity index is 129. The molecule has 0 aliphatic carbocycles. The average Bonchev–Trinajstić information content (AvgIpc) is 1.82. The Labute approximate surface area is 60.6 Å². The van der Waals surface area contributed by atoms with Crippen molar-refractivity contribution in [1.29, 1.82) is 0 Å². The Morgan fingerprint density at radius 3 is 2.60 bits per heavy atom.